The SMILES string of the molecule is CCc1ccc(C(C)Nc2ccc(F)c(Cl)c2)s1. The molecule has 2 rings (SSSR count). The number of hydrogen-bond donors (Lipinski definition) is 1. The number of benzene rings is 1. The van der Waals surface area contributed by atoms with Gasteiger partial charge in [-0.2, -0.15) is 0 Å². The number of aryl methyl sites for hydroxylation is 1. The first-order valence-corrected chi connectivity index (χ1v) is 7.09. The van der Waals surface area contributed by atoms with E-state index in [-0.39, 0.29) is 16.9 Å². The van der Waals surface area contributed by atoms with Crippen LogP contribution in [0.3, 0.4) is 0 Å². The summed E-state index contributed by atoms with van der Waals surface area (Å²) in [4.78, 5) is 2.64. The summed E-state index contributed by atoms with van der Waals surface area (Å²) >= 11 is 7.56. The van der Waals surface area contributed by atoms with Gasteiger partial charge >= 0.3 is 0 Å². The number of halogens is 2. The summed E-state index contributed by atoms with van der Waals surface area (Å²) in [6.07, 6.45) is 1.06. The van der Waals surface area contributed by atoms with E-state index in [9.17, 15) is 4.39 Å². The van der Waals surface area contributed by atoms with E-state index in [0.717, 1.165) is 12.1 Å². The van der Waals surface area contributed by atoms with Crippen molar-refractivity contribution < 1.29 is 4.39 Å². The second-order valence-corrected chi connectivity index (χ2v) is 5.76. The van der Waals surface area contributed by atoms with Crippen LogP contribution < -0.4 is 5.32 Å². The summed E-state index contributed by atoms with van der Waals surface area (Å²) in [5.74, 6) is -0.390. The van der Waals surface area contributed by atoms with Gasteiger partial charge in [0.25, 0.3) is 0 Å². The van der Waals surface area contributed by atoms with Gasteiger partial charge < -0.3 is 5.32 Å². The summed E-state index contributed by atoms with van der Waals surface area (Å²) in [5, 5.41) is 3.47. The summed E-state index contributed by atoms with van der Waals surface area (Å²) in [5.41, 5.74) is 0.834. The third-order valence-electron chi connectivity index (χ3n) is 2.76. The second kappa shape index (κ2) is 5.72. The lowest BCUT2D eigenvalue weighted by Gasteiger charge is -2.14. The smallest absolute Gasteiger partial charge is 0.141 e. The molecular weight excluding hydrogens is 269 g/mol. The normalized spacial score (nSPS) is 12.4. The molecule has 2 aromatic rings. The number of nitrogens with one attached hydrogen (secondary N) is 1. The van der Waals surface area contributed by atoms with Crippen LogP contribution in [0.2, 0.25) is 5.02 Å². The molecule has 1 N–H and O–H groups in total. The molecule has 0 radical (unpaired) electrons. The second-order valence-electron chi connectivity index (χ2n) is 4.15. The van der Waals surface area contributed by atoms with Crippen LogP contribution in [-0.2, 0) is 6.42 Å². The standard InChI is InChI=1S/C14H15ClFNS/c1-3-11-5-7-14(18-11)9(2)17-10-4-6-13(16)12(15)8-10/h4-9,17H,3H2,1-2H3. The number of hydrogen-bond acceptors (Lipinski definition) is 2. The van der Waals surface area contributed by atoms with Crippen molar-refractivity contribution >= 4 is 28.6 Å². The first kappa shape index (κ1) is 13.4. The zero-order valence-electron chi connectivity index (χ0n) is 10.3. The Bertz CT molecular complexity index is 538. The molecule has 4 heteroatoms. The van der Waals surface area contributed by atoms with Crippen molar-refractivity contribution in [2.24, 2.45) is 0 Å². The van der Waals surface area contributed by atoms with E-state index in [1.165, 1.54) is 15.8 Å². The van der Waals surface area contributed by atoms with Crippen LogP contribution in [-0.4, -0.2) is 0 Å². The van der Waals surface area contributed by atoms with Crippen LogP contribution in [0.15, 0.2) is 30.3 Å². The van der Waals surface area contributed by atoms with Gasteiger partial charge in [0.15, 0.2) is 0 Å². The lowest BCUT2D eigenvalue weighted by Crippen LogP contribution is -2.04. The zero-order chi connectivity index (χ0) is 13.1. The van der Waals surface area contributed by atoms with E-state index in [0.29, 0.717) is 0 Å². The predicted molar refractivity (Wildman–Crippen MR) is 77.1 cm³/mol. The molecule has 0 bridgehead atoms. The Hall–Kier alpha value is -1.06. The molecular formula is C14H15ClFNS. The quantitative estimate of drug-likeness (QED) is 0.805. The van der Waals surface area contributed by atoms with Crippen molar-refractivity contribution in [3.05, 3.63) is 50.9 Å². The maximum absolute atomic E-state index is 13.1. The van der Waals surface area contributed by atoms with E-state index in [4.69, 9.17) is 11.6 Å². The number of rotatable bonds is 4. The molecule has 0 aliphatic heterocycles. The Morgan fingerprint density at radius 3 is 2.72 bits per heavy atom. The van der Waals surface area contributed by atoms with Gasteiger partial charge in [0.2, 0.25) is 0 Å². The molecule has 1 unspecified atom stereocenters. The predicted octanol–water partition coefficient (Wildman–Crippen LogP) is 5.28. The lowest BCUT2D eigenvalue weighted by atomic mass is 10.2. The maximum atomic E-state index is 13.1. The molecule has 96 valence electrons. The van der Waals surface area contributed by atoms with Crippen molar-refractivity contribution in [1.82, 2.24) is 0 Å². The van der Waals surface area contributed by atoms with Crippen molar-refractivity contribution in [3.8, 4) is 0 Å². The van der Waals surface area contributed by atoms with Crippen LogP contribution in [0, 0.1) is 5.82 Å². The van der Waals surface area contributed by atoms with Crippen LogP contribution >= 0.6 is 22.9 Å². The van der Waals surface area contributed by atoms with Gasteiger partial charge in [-0.15, -0.1) is 11.3 Å². The molecule has 0 fully saturated rings. The molecule has 0 aliphatic carbocycles. The fourth-order valence-electron chi connectivity index (χ4n) is 1.72. The molecule has 1 heterocycles. The van der Waals surface area contributed by atoms with Gasteiger partial charge in [0, 0.05) is 15.4 Å². The minimum absolute atomic E-state index is 0.146. The van der Waals surface area contributed by atoms with Crippen LogP contribution in [0.5, 0.6) is 0 Å². The minimum Gasteiger partial charge on any atom is -0.378 e. The molecule has 0 saturated heterocycles. The van der Waals surface area contributed by atoms with Crippen molar-refractivity contribution in [2.45, 2.75) is 26.3 Å². The van der Waals surface area contributed by atoms with E-state index in [1.807, 2.05) is 0 Å². The Morgan fingerprint density at radius 2 is 2.11 bits per heavy atom. The van der Waals surface area contributed by atoms with Gasteiger partial charge in [-0.3, -0.25) is 0 Å². The van der Waals surface area contributed by atoms with E-state index >= 15 is 0 Å². The molecule has 1 aromatic carbocycles. The monoisotopic (exact) mass is 283 g/mol. The van der Waals surface area contributed by atoms with E-state index < -0.39 is 0 Å². The van der Waals surface area contributed by atoms with Crippen molar-refractivity contribution in [1.29, 1.82) is 0 Å². The maximum Gasteiger partial charge on any atom is 0.141 e. The van der Waals surface area contributed by atoms with Gasteiger partial charge in [-0.05, 0) is 43.7 Å². The molecule has 1 nitrogen and oxygen atoms in total. The zero-order valence-corrected chi connectivity index (χ0v) is 11.9. The molecule has 1 atom stereocenters. The van der Waals surface area contributed by atoms with E-state index in [2.05, 4.69) is 31.3 Å². The Kier molecular flexibility index (Phi) is 4.25. The van der Waals surface area contributed by atoms with Gasteiger partial charge in [0.1, 0.15) is 5.82 Å². The molecule has 18 heavy (non-hydrogen) atoms. The molecule has 0 amide bonds. The average molecular weight is 284 g/mol. The van der Waals surface area contributed by atoms with Crippen LogP contribution in [0.4, 0.5) is 10.1 Å². The fraction of sp³-hybridized carbons (Fsp3) is 0.286. The molecule has 0 aliphatic rings. The Balaban J connectivity index is 2.10. The molecule has 0 saturated carbocycles. The largest absolute Gasteiger partial charge is 0.378 e. The third-order valence-corrected chi connectivity index (χ3v) is 4.46. The van der Waals surface area contributed by atoms with Crippen molar-refractivity contribution in [2.75, 3.05) is 5.32 Å². The Labute approximate surface area is 116 Å². The highest BCUT2D eigenvalue weighted by molar-refractivity contribution is 7.12. The average Bonchev–Trinajstić information content (AvgIpc) is 2.82. The van der Waals surface area contributed by atoms with Crippen LogP contribution in [0.1, 0.15) is 29.6 Å². The first-order valence-electron chi connectivity index (χ1n) is 5.90. The summed E-state index contributed by atoms with van der Waals surface area (Å²) in [6, 6.07) is 9.16. The summed E-state index contributed by atoms with van der Waals surface area (Å²) in [6.45, 7) is 4.23. The topological polar surface area (TPSA) is 12.0 Å². The van der Waals surface area contributed by atoms with Gasteiger partial charge in [-0.25, -0.2) is 4.39 Å². The summed E-state index contributed by atoms with van der Waals surface area (Å²) < 4.78 is 13.1. The highest BCUT2D eigenvalue weighted by atomic mass is 35.5. The Morgan fingerprint density at radius 1 is 1.33 bits per heavy atom. The number of thiophene rings is 1. The van der Waals surface area contributed by atoms with Crippen molar-refractivity contribution in [3.63, 3.8) is 0 Å². The van der Waals surface area contributed by atoms with Crippen LogP contribution in [0.25, 0.3) is 0 Å². The van der Waals surface area contributed by atoms with Gasteiger partial charge in [0.05, 0.1) is 11.1 Å². The van der Waals surface area contributed by atoms with Gasteiger partial charge in [-0.1, -0.05) is 18.5 Å². The molecule has 0 spiro atoms. The highest BCUT2D eigenvalue weighted by Gasteiger charge is 2.09. The third kappa shape index (κ3) is 3.03. The minimum atomic E-state index is -0.390. The number of anilines is 1. The first-order chi connectivity index (χ1) is 8.60. The van der Waals surface area contributed by atoms with E-state index in [1.54, 1.807) is 23.5 Å². The highest BCUT2D eigenvalue weighted by Crippen LogP contribution is 2.28. The summed E-state index contributed by atoms with van der Waals surface area (Å²) in [7, 11) is 0. The fourth-order valence-corrected chi connectivity index (χ4v) is 2.86. The lowest BCUT2D eigenvalue weighted by molar-refractivity contribution is 0.628. The molecule has 1 aromatic heterocycles.